The summed E-state index contributed by atoms with van der Waals surface area (Å²) in [5, 5.41) is 0.536. The third-order valence-corrected chi connectivity index (χ3v) is 6.44. The van der Waals surface area contributed by atoms with Crippen molar-refractivity contribution < 1.29 is 4.74 Å². The third kappa shape index (κ3) is 3.40. The van der Waals surface area contributed by atoms with Crippen LogP contribution in [0.1, 0.15) is 31.2 Å². The van der Waals surface area contributed by atoms with Gasteiger partial charge in [-0.05, 0) is 30.5 Å². The fraction of sp³-hybridized carbons (Fsp3) is 0.308. The van der Waals surface area contributed by atoms with Crippen molar-refractivity contribution in [2.75, 3.05) is 6.61 Å². The van der Waals surface area contributed by atoms with Crippen molar-refractivity contribution in [3.63, 3.8) is 0 Å². The fourth-order valence-electron chi connectivity index (χ4n) is 4.80. The van der Waals surface area contributed by atoms with Crippen LogP contribution < -0.4 is 5.56 Å². The molecule has 0 N–H and O–H groups in total. The molecule has 6 rings (SSSR count). The van der Waals surface area contributed by atoms with Gasteiger partial charge in [0.1, 0.15) is 16.7 Å². The summed E-state index contributed by atoms with van der Waals surface area (Å²) in [5.41, 5.74) is 4.58. The van der Waals surface area contributed by atoms with E-state index >= 15 is 0 Å². The van der Waals surface area contributed by atoms with Gasteiger partial charge in [-0.2, -0.15) is 0 Å². The highest BCUT2D eigenvalue weighted by Gasteiger charge is 2.24. The fourth-order valence-corrected chi connectivity index (χ4v) is 4.80. The summed E-state index contributed by atoms with van der Waals surface area (Å²) >= 11 is 0. The zero-order valence-corrected chi connectivity index (χ0v) is 18.6. The van der Waals surface area contributed by atoms with Crippen molar-refractivity contribution >= 4 is 33.2 Å². The summed E-state index contributed by atoms with van der Waals surface area (Å²) in [7, 11) is 0. The van der Waals surface area contributed by atoms with E-state index in [-0.39, 0.29) is 11.7 Å². The quantitative estimate of drug-likeness (QED) is 0.412. The lowest BCUT2D eigenvalue weighted by Gasteiger charge is -2.16. The predicted molar refractivity (Wildman–Crippen MR) is 128 cm³/mol. The Balaban J connectivity index is 1.66. The van der Waals surface area contributed by atoms with Gasteiger partial charge < -0.3 is 9.30 Å². The number of para-hydroxylation sites is 2. The Morgan fingerprint density at radius 3 is 2.42 bits per heavy atom. The molecular weight excluding hydrogens is 414 g/mol. The van der Waals surface area contributed by atoms with E-state index in [9.17, 15) is 4.79 Å². The second-order valence-electron chi connectivity index (χ2n) is 8.59. The van der Waals surface area contributed by atoms with Gasteiger partial charge in [0.2, 0.25) is 0 Å². The largest absolute Gasteiger partial charge is 0.376 e. The summed E-state index contributed by atoms with van der Waals surface area (Å²) in [6.07, 6.45) is 2.71. The molecule has 0 spiro atoms. The molecule has 0 saturated carbocycles. The van der Waals surface area contributed by atoms with Crippen LogP contribution in [-0.4, -0.2) is 36.8 Å². The summed E-state index contributed by atoms with van der Waals surface area (Å²) < 4.78 is 9.66. The molecule has 0 amide bonds. The molecule has 7 heteroatoms. The van der Waals surface area contributed by atoms with Crippen molar-refractivity contribution in [3.8, 4) is 0 Å². The lowest BCUT2D eigenvalue weighted by molar-refractivity contribution is 0.0953. The van der Waals surface area contributed by atoms with E-state index in [2.05, 4.69) is 12.1 Å². The first-order chi connectivity index (χ1) is 16.2. The van der Waals surface area contributed by atoms with Crippen LogP contribution in [0.5, 0.6) is 0 Å². The van der Waals surface area contributed by atoms with Gasteiger partial charge in [0.05, 0.1) is 30.2 Å². The van der Waals surface area contributed by atoms with Gasteiger partial charge in [-0.3, -0.25) is 9.36 Å². The minimum atomic E-state index is -0.0613. The molecule has 1 atom stereocenters. The SMILES string of the molecule is CCc1nc2c(c(=O)n1CC1CCCO1)c1nc3ccccc3nc1n2Cc1ccccc1. The second kappa shape index (κ2) is 8.08. The van der Waals surface area contributed by atoms with Crippen LogP contribution in [0.15, 0.2) is 59.4 Å². The Bertz CT molecular complexity index is 1530. The molecule has 1 saturated heterocycles. The lowest BCUT2D eigenvalue weighted by atomic mass is 10.2. The first-order valence-corrected chi connectivity index (χ1v) is 11.6. The van der Waals surface area contributed by atoms with E-state index in [1.54, 1.807) is 4.57 Å². The third-order valence-electron chi connectivity index (χ3n) is 6.44. The highest BCUT2D eigenvalue weighted by Crippen LogP contribution is 2.27. The van der Waals surface area contributed by atoms with Crippen LogP contribution in [0.3, 0.4) is 0 Å². The number of rotatable bonds is 5. The van der Waals surface area contributed by atoms with Gasteiger partial charge in [-0.1, -0.05) is 49.4 Å². The molecule has 33 heavy (non-hydrogen) atoms. The monoisotopic (exact) mass is 439 g/mol. The summed E-state index contributed by atoms with van der Waals surface area (Å²) in [5.74, 6) is 0.768. The number of aromatic nitrogens is 5. The molecule has 0 radical (unpaired) electrons. The molecule has 4 heterocycles. The van der Waals surface area contributed by atoms with Crippen LogP contribution in [0.25, 0.3) is 33.2 Å². The van der Waals surface area contributed by atoms with Gasteiger partial charge in [0.15, 0.2) is 11.3 Å². The van der Waals surface area contributed by atoms with Gasteiger partial charge in [-0.15, -0.1) is 0 Å². The first kappa shape index (κ1) is 20.1. The summed E-state index contributed by atoms with van der Waals surface area (Å²) in [6, 6.07) is 18.0. The molecule has 7 nitrogen and oxygen atoms in total. The van der Waals surface area contributed by atoms with Crippen LogP contribution in [0, 0.1) is 0 Å². The highest BCUT2D eigenvalue weighted by atomic mass is 16.5. The average molecular weight is 440 g/mol. The van der Waals surface area contributed by atoms with Gasteiger partial charge >= 0.3 is 0 Å². The first-order valence-electron chi connectivity index (χ1n) is 11.6. The van der Waals surface area contributed by atoms with Crippen molar-refractivity contribution in [3.05, 3.63) is 76.3 Å². The minimum Gasteiger partial charge on any atom is -0.376 e. The van der Waals surface area contributed by atoms with Crippen molar-refractivity contribution in [1.82, 2.24) is 24.1 Å². The number of hydrogen-bond donors (Lipinski definition) is 0. The summed E-state index contributed by atoms with van der Waals surface area (Å²) in [4.78, 5) is 28.7. The Kier molecular flexibility index (Phi) is 4.91. The molecule has 1 aliphatic rings. The van der Waals surface area contributed by atoms with E-state index in [1.165, 1.54) is 0 Å². The maximum absolute atomic E-state index is 13.9. The normalized spacial score (nSPS) is 16.3. The van der Waals surface area contributed by atoms with E-state index in [4.69, 9.17) is 19.7 Å². The number of hydrogen-bond acceptors (Lipinski definition) is 5. The molecule has 0 aliphatic carbocycles. The Morgan fingerprint density at radius 1 is 0.939 bits per heavy atom. The maximum atomic E-state index is 13.9. The number of nitrogens with zero attached hydrogens (tertiary/aromatic N) is 5. The van der Waals surface area contributed by atoms with E-state index in [0.29, 0.717) is 41.7 Å². The molecule has 0 bridgehead atoms. The predicted octanol–water partition coefficient (Wildman–Crippen LogP) is 4.08. The molecule has 166 valence electrons. The molecule has 1 fully saturated rings. The standard InChI is InChI=1S/C26H25N5O2/c1-2-21-29-24-22(26(32)30(21)16-18-11-8-14-33-18)23-25(28-20-13-7-6-12-19(20)27-23)31(24)15-17-9-4-3-5-10-17/h3-7,9-10,12-13,18H,2,8,11,14-16H2,1H3. The summed E-state index contributed by atoms with van der Waals surface area (Å²) in [6.45, 7) is 3.88. The van der Waals surface area contributed by atoms with Gasteiger partial charge in [0, 0.05) is 13.0 Å². The van der Waals surface area contributed by atoms with Crippen molar-refractivity contribution in [2.24, 2.45) is 0 Å². The zero-order valence-electron chi connectivity index (χ0n) is 18.6. The highest BCUT2D eigenvalue weighted by molar-refractivity contribution is 6.04. The Hall–Kier alpha value is -3.58. The van der Waals surface area contributed by atoms with Crippen LogP contribution in [0.2, 0.25) is 0 Å². The maximum Gasteiger partial charge on any atom is 0.265 e. The number of fused-ring (bicyclic) bond motifs is 4. The zero-order chi connectivity index (χ0) is 22.4. The van der Waals surface area contributed by atoms with Crippen LogP contribution in [0.4, 0.5) is 0 Å². The molecule has 3 aromatic heterocycles. The number of ether oxygens (including phenoxy) is 1. The molecular formula is C26H25N5O2. The number of benzene rings is 2. The van der Waals surface area contributed by atoms with E-state index in [0.717, 1.165) is 41.9 Å². The topological polar surface area (TPSA) is 74.8 Å². The van der Waals surface area contributed by atoms with Crippen LogP contribution >= 0.6 is 0 Å². The van der Waals surface area contributed by atoms with Crippen molar-refractivity contribution in [1.29, 1.82) is 0 Å². The molecule has 1 unspecified atom stereocenters. The molecule has 5 aromatic rings. The molecule has 1 aliphatic heterocycles. The number of aryl methyl sites for hydroxylation is 1. The Morgan fingerprint density at radius 2 is 1.70 bits per heavy atom. The minimum absolute atomic E-state index is 0.0526. The van der Waals surface area contributed by atoms with Gasteiger partial charge in [0.25, 0.3) is 5.56 Å². The van der Waals surface area contributed by atoms with Crippen molar-refractivity contribution in [2.45, 2.75) is 45.4 Å². The second-order valence-corrected chi connectivity index (χ2v) is 8.59. The molecule has 2 aromatic carbocycles. The van der Waals surface area contributed by atoms with E-state index < -0.39 is 0 Å². The van der Waals surface area contributed by atoms with E-state index in [1.807, 2.05) is 54.0 Å². The smallest absolute Gasteiger partial charge is 0.265 e. The van der Waals surface area contributed by atoms with Gasteiger partial charge in [-0.25, -0.2) is 15.0 Å². The lowest BCUT2D eigenvalue weighted by Crippen LogP contribution is -2.30. The average Bonchev–Trinajstić information content (AvgIpc) is 3.46. The van der Waals surface area contributed by atoms with Crippen LogP contribution in [-0.2, 0) is 24.2 Å². The Labute approximate surface area is 190 Å².